The summed E-state index contributed by atoms with van der Waals surface area (Å²) in [6.07, 6.45) is 4.37. The van der Waals surface area contributed by atoms with Gasteiger partial charge in [0.1, 0.15) is 0 Å². The maximum Gasteiger partial charge on any atom is 0.269 e. The Labute approximate surface area is 136 Å². The second-order valence-electron chi connectivity index (χ2n) is 4.97. The molecular formula is C11H17BrN4O3S2. The summed E-state index contributed by atoms with van der Waals surface area (Å²) in [5.41, 5.74) is 0. The predicted octanol–water partition coefficient (Wildman–Crippen LogP) is 1.73. The summed E-state index contributed by atoms with van der Waals surface area (Å²) in [6, 6.07) is 0. The maximum atomic E-state index is 12.1. The molecule has 2 N–H and O–H groups in total. The van der Waals surface area contributed by atoms with Crippen LogP contribution in [0.3, 0.4) is 0 Å². The molecule has 0 aliphatic heterocycles. The summed E-state index contributed by atoms with van der Waals surface area (Å²) in [5, 5.41) is 9.85. The maximum absolute atomic E-state index is 12.1. The fourth-order valence-electron chi connectivity index (χ4n) is 2.19. The van der Waals surface area contributed by atoms with Crippen molar-refractivity contribution in [1.29, 1.82) is 0 Å². The van der Waals surface area contributed by atoms with E-state index in [-0.39, 0.29) is 21.3 Å². The third-order valence-corrected chi connectivity index (χ3v) is 7.11. The average molecular weight is 397 g/mol. The number of hydrogen-bond donors (Lipinski definition) is 2. The van der Waals surface area contributed by atoms with Crippen LogP contribution < -0.4 is 10.0 Å². The lowest BCUT2D eigenvalue weighted by Crippen LogP contribution is -2.34. The zero-order chi connectivity index (χ0) is 15.5. The zero-order valence-corrected chi connectivity index (χ0v) is 14.7. The molecule has 21 heavy (non-hydrogen) atoms. The van der Waals surface area contributed by atoms with E-state index >= 15 is 0 Å². The van der Waals surface area contributed by atoms with E-state index in [1.54, 1.807) is 0 Å². The Kier molecular flexibility index (Phi) is 5.69. The van der Waals surface area contributed by atoms with Gasteiger partial charge in [0.25, 0.3) is 10.0 Å². The summed E-state index contributed by atoms with van der Waals surface area (Å²) >= 11 is 4.44. The molecular weight excluding hydrogens is 380 g/mol. The quantitative estimate of drug-likeness (QED) is 0.582. The van der Waals surface area contributed by atoms with Crippen LogP contribution in [-0.4, -0.2) is 35.9 Å². The molecule has 1 aliphatic rings. The van der Waals surface area contributed by atoms with E-state index < -0.39 is 10.0 Å². The normalized spacial score (nSPS) is 23.0. The largest absolute Gasteiger partial charge is 0.301 e. The molecule has 1 aromatic heterocycles. The van der Waals surface area contributed by atoms with Gasteiger partial charge in [0.2, 0.25) is 15.4 Å². The lowest BCUT2D eigenvalue weighted by atomic mass is 9.89. The highest BCUT2D eigenvalue weighted by molar-refractivity contribution is 9.09. The number of hydrogen-bond acceptors (Lipinski definition) is 6. The molecule has 1 aliphatic carbocycles. The van der Waals surface area contributed by atoms with Crippen LogP contribution in [0.1, 0.15) is 32.6 Å². The fourth-order valence-corrected chi connectivity index (χ4v) is 5.05. The minimum atomic E-state index is -3.68. The second-order valence-corrected chi connectivity index (χ2v) is 9.06. The van der Waals surface area contributed by atoms with E-state index in [1.807, 2.05) is 0 Å². The van der Waals surface area contributed by atoms with Gasteiger partial charge < -0.3 is 5.32 Å². The number of rotatable bonds is 5. The van der Waals surface area contributed by atoms with Gasteiger partial charge in [-0.3, -0.25) is 4.79 Å². The third kappa shape index (κ3) is 4.70. The summed E-state index contributed by atoms with van der Waals surface area (Å²) in [6.45, 7) is 1.71. The van der Waals surface area contributed by atoms with E-state index in [2.05, 4.69) is 36.2 Å². The zero-order valence-electron chi connectivity index (χ0n) is 11.5. The summed E-state index contributed by atoms with van der Waals surface area (Å²) in [7, 11) is -3.68. The average Bonchev–Trinajstić information content (AvgIpc) is 2.86. The summed E-state index contributed by atoms with van der Waals surface area (Å²) in [4.78, 5) is 11.2. The molecule has 2 atom stereocenters. The molecule has 0 saturated heterocycles. The second kappa shape index (κ2) is 7.12. The van der Waals surface area contributed by atoms with E-state index in [0.29, 0.717) is 11.4 Å². The molecule has 2 rings (SSSR count). The topological polar surface area (TPSA) is 101 Å². The molecule has 0 radical (unpaired) electrons. The Morgan fingerprint density at radius 2 is 2.10 bits per heavy atom. The Morgan fingerprint density at radius 1 is 1.38 bits per heavy atom. The van der Waals surface area contributed by atoms with Gasteiger partial charge >= 0.3 is 0 Å². The van der Waals surface area contributed by atoms with Crippen LogP contribution >= 0.6 is 27.3 Å². The number of nitrogens with zero attached hydrogens (tertiary/aromatic N) is 2. The van der Waals surface area contributed by atoms with Crippen molar-refractivity contribution < 1.29 is 13.2 Å². The minimum absolute atomic E-state index is 0.131. The third-order valence-electron chi connectivity index (χ3n) is 3.27. The highest BCUT2D eigenvalue weighted by Crippen LogP contribution is 2.30. The van der Waals surface area contributed by atoms with E-state index in [9.17, 15) is 13.2 Å². The van der Waals surface area contributed by atoms with Crippen molar-refractivity contribution in [2.24, 2.45) is 5.92 Å². The smallest absolute Gasteiger partial charge is 0.269 e. The molecule has 2 unspecified atom stereocenters. The lowest BCUT2D eigenvalue weighted by molar-refractivity contribution is -0.114. The predicted molar refractivity (Wildman–Crippen MR) is 84.1 cm³/mol. The monoisotopic (exact) mass is 396 g/mol. The van der Waals surface area contributed by atoms with Crippen molar-refractivity contribution in [3.8, 4) is 0 Å². The number of alkyl halides is 1. The SMILES string of the molecule is CC(=O)Nc1nnc(S(=O)(=O)NCC2CCCCC2Br)s1. The first-order valence-corrected chi connectivity index (χ1v) is 9.85. The minimum Gasteiger partial charge on any atom is -0.301 e. The highest BCUT2D eigenvalue weighted by atomic mass is 79.9. The number of anilines is 1. The van der Waals surface area contributed by atoms with Crippen molar-refractivity contribution >= 4 is 48.3 Å². The molecule has 0 bridgehead atoms. The molecule has 1 amide bonds. The van der Waals surface area contributed by atoms with Crippen LogP contribution in [0.2, 0.25) is 0 Å². The number of carbonyl (C=O) groups is 1. The van der Waals surface area contributed by atoms with Gasteiger partial charge in [-0.05, 0) is 18.8 Å². The van der Waals surface area contributed by atoms with Gasteiger partial charge in [-0.2, -0.15) is 0 Å². The molecule has 10 heteroatoms. The molecule has 7 nitrogen and oxygen atoms in total. The fraction of sp³-hybridized carbons (Fsp3) is 0.727. The lowest BCUT2D eigenvalue weighted by Gasteiger charge is -2.27. The van der Waals surface area contributed by atoms with Crippen LogP contribution in [0.15, 0.2) is 4.34 Å². The Balaban J connectivity index is 1.97. The molecule has 1 saturated carbocycles. The first-order chi connectivity index (χ1) is 9.88. The summed E-state index contributed by atoms with van der Waals surface area (Å²) < 4.78 is 26.7. The van der Waals surface area contributed by atoms with Crippen LogP contribution in [0, 0.1) is 5.92 Å². The Hall–Kier alpha value is -0.580. The number of amides is 1. The molecule has 118 valence electrons. The standard InChI is InChI=1S/C11H17BrN4O3S2/c1-7(17)14-10-15-16-11(20-10)21(18,19)13-6-8-4-2-3-5-9(8)12/h8-9,13H,2-6H2,1H3,(H,14,15,17). The van der Waals surface area contributed by atoms with Crippen molar-refractivity contribution in [2.75, 3.05) is 11.9 Å². The van der Waals surface area contributed by atoms with Gasteiger partial charge in [-0.1, -0.05) is 40.1 Å². The number of carbonyl (C=O) groups excluding carboxylic acids is 1. The molecule has 1 heterocycles. The van der Waals surface area contributed by atoms with Crippen molar-refractivity contribution in [3.63, 3.8) is 0 Å². The molecule has 1 fully saturated rings. The number of halogens is 1. The highest BCUT2D eigenvalue weighted by Gasteiger charge is 2.26. The van der Waals surface area contributed by atoms with Gasteiger partial charge in [0.15, 0.2) is 0 Å². The van der Waals surface area contributed by atoms with Gasteiger partial charge in [-0.15, -0.1) is 10.2 Å². The number of sulfonamides is 1. The van der Waals surface area contributed by atoms with E-state index in [4.69, 9.17) is 0 Å². The van der Waals surface area contributed by atoms with E-state index in [1.165, 1.54) is 13.3 Å². The van der Waals surface area contributed by atoms with Crippen LogP contribution in [0.5, 0.6) is 0 Å². The molecule has 1 aromatic rings. The Morgan fingerprint density at radius 3 is 2.76 bits per heavy atom. The van der Waals surface area contributed by atoms with Crippen LogP contribution in [0.4, 0.5) is 5.13 Å². The van der Waals surface area contributed by atoms with Gasteiger partial charge in [0.05, 0.1) is 0 Å². The van der Waals surface area contributed by atoms with Crippen LogP contribution in [-0.2, 0) is 14.8 Å². The number of nitrogens with one attached hydrogen (secondary N) is 2. The van der Waals surface area contributed by atoms with Gasteiger partial charge in [0, 0.05) is 18.3 Å². The number of aromatic nitrogens is 2. The van der Waals surface area contributed by atoms with Crippen molar-refractivity contribution in [1.82, 2.24) is 14.9 Å². The molecule has 0 aromatic carbocycles. The van der Waals surface area contributed by atoms with Gasteiger partial charge in [-0.25, -0.2) is 13.1 Å². The molecule has 0 spiro atoms. The Bertz CT molecular complexity index is 604. The van der Waals surface area contributed by atoms with Crippen molar-refractivity contribution in [2.45, 2.75) is 41.8 Å². The van der Waals surface area contributed by atoms with E-state index in [0.717, 1.165) is 30.6 Å². The van der Waals surface area contributed by atoms with Crippen LogP contribution in [0.25, 0.3) is 0 Å². The summed E-state index contributed by atoms with van der Waals surface area (Å²) in [5.74, 6) is -0.0244. The first kappa shape index (κ1) is 16.8. The van der Waals surface area contributed by atoms with Crippen molar-refractivity contribution in [3.05, 3.63) is 0 Å². The first-order valence-electron chi connectivity index (χ1n) is 6.63.